The average Bonchev–Trinajstić information content (AvgIpc) is 2.79. The van der Waals surface area contributed by atoms with Crippen molar-refractivity contribution in [1.82, 2.24) is 9.38 Å². The highest BCUT2D eigenvalue weighted by Gasteiger charge is 2.21. The van der Waals surface area contributed by atoms with E-state index in [1.165, 1.54) is 10.5 Å². The van der Waals surface area contributed by atoms with Crippen LogP contribution in [0.5, 0.6) is 0 Å². The Kier molecular flexibility index (Phi) is 7.62. The molecule has 0 saturated heterocycles. The molecule has 0 aliphatic rings. The van der Waals surface area contributed by atoms with Gasteiger partial charge >= 0.3 is 17.9 Å². The maximum Gasteiger partial charge on any atom is 0.347 e. The van der Waals surface area contributed by atoms with Gasteiger partial charge in [-0.25, -0.2) is 19.4 Å². The van der Waals surface area contributed by atoms with Gasteiger partial charge in [0.25, 0.3) is 5.56 Å². The third-order valence-corrected chi connectivity index (χ3v) is 4.84. The summed E-state index contributed by atoms with van der Waals surface area (Å²) < 4.78 is 16.1. The molecule has 3 heterocycles. The maximum absolute atomic E-state index is 13.1. The molecule has 178 valence electrons. The fraction of sp³-hybridized carbons (Fsp3) is 0.292. The summed E-state index contributed by atoms with van der Waals surface area (Å²) >= 11 is 0. The van der Waals surface area contributed by atoms with Gasteiger partial charge in [0.2, 0.25) is 0 Å². The van der Waals surface area contributed by atoms with Crippen molar-refractivity contribution < 1.29 is 28.6 Å². The molecule has 0 aliphatic heterocycles. The fourth-order valence-corrected chi connectivity index (χ4v) is 3.32. The van der Waals surface area contributed by atoms with Crippen LogP contribution in [0.15, 0.2) is 46.9 Å². The molecule has 34 heavy (non-hydrogen) atoms. The molecule has 0 atom stereocenters. The number of nitrogens with one attached hydrogen (secondary N) is 1. The smallest absolute Gasteiger partial charge is 0.347 e. The minimum absolute atomic E-state index is 0.0841. The van der Waals surface area contributed by atoms with Crippen LogP contribution in [0, 0.1) is 6.92 Å². The molecular formula is C24H25N3O7. The summed E-state index contributed by atoms with van der Waals surface area (Å²) in [6, 6.07) is 8.25. The molecule has 1 N–H and O–H groups in total. The van der Waals surface area contributed by atoms with E-state index in [-0.39, 0.29) is 36.8 Å². The Morgan fingerprint density at radius 2 is 1.62 bits per heavy atom. The Morgan fingerprint density at radius 1 is 0.971 bits per heavy atom. The second-order valence-corrected chi connectivity index (χ2v) is 7.07. The van der Waals surface area contributed by atoms with Crippen molar-refractivity contribution in [3.8, 4) is 0 Å². The normalized spacial score (nSPS) is 10.6. The first-order valence-corrected chi connectivity index (χ1v) is 10.8. The second kappa shape index (κ2) is 10.6. The Bertz CT molecular complexity index is 1340. The van der Waals surface area contributed by atoms with Gasteiger partial charge in [0.1, 0.15) is 17.0 Å². The quantitative estimate of drug-likeness (QED) is 0.133. The van der Waals surface area contributed by atoms with Crippen LogP contribution in [0.3, 0.4) is 0 Å². The lowest BCUT2D eigenvalue weighted by Crippen LogP contribution is -2.24. The van der Waals surface area contributed by atoms with E-state index in [1.807, 2.05) is 13.0 Å². The monoisotopic (exact) mass is 467 g/mol. The van der Waals surface area contributed by atoms with Crippen LogP contribution in [0.4, 0.5) is 5.82 Å². The SMILES string of the molecule is CCOC(=O)C(=CNc1ccc2c(C)cc3ccc(C(=O)OCC)c(=O)n3c2n1)C(=O)OCC. The molecule has 0 unspecified atom stereocenters. The molecule has 3 rings (SSSR count). The highest BCUT2D eigenvalue weighted by Crippen LogP contribution is 2.21. The number of nitrogens with zero attached hydrogens (tertiary/aromatic N) is 2. The number of anilines is 1. The van der Waals surface area contributed by atoms with Crippen molar-refractivity contribution in [1.29, 1.82) is 0 Å². The van der Waals surface area contributed by atoms with E-state index in [0.717, 1.165) is 11.8 Å². The van der Waals surface area contributed by atoms with Gasteiger partial charge in [-0.05, 0) is 63.6 Å². The van der Waals surface area contributed by atoms with Gasteiger partial charge in [-0.1, -0.05) is 0 Å². The first-order valence-electron chi connectivity index (χ1n) is 10.8. The van der Waals surface area contributed by atoms with Crippen molar-refractivity contribution in [2.45, 2.75) is 27.7 Å². The molecule has 0 amide bonds. The van der Waals surface area contributed by atoms with Crippen LogP contribution in [-0.4, -0.2) is 47.1 Å². The topological polar surface area (TPSA) is 125 Å². The number of aryl methyl sites for hydroxylation is 1. The number of carbonyl (C=O) groups excluding carboxylic acids is 3. The standard InChI is InChI=1S/C24H25N3O7/c1-5-32-22(29)17-9-8-15-12-14(4)16-10-11-19(26-20(16)27(15)21(17)28)25-13-18(23(30)33-6-2)24(31)34-7-3/h8-13H,5-7H2,1-4H3,(H,25,26). The van der Waals surface area contributed by atoms with Crippen LogP contribution in [0.25, 0.3) is 16.6 Å². The zero-order valence-corrected chi connectivity index (χ0v) is 19.3. The van der Waals surface area contributed by atoms with Crippen molar-refractivity contribution in [3.05, 3.63) is 63.6 Å². The van der Waals surface area contributed by atoms with E-state index in [4.69, 9.17) is 14.2 Å². The van der Waals surface area contributed by atoms with Crippen molar-refractivity contribution in [3.63, 3.8) is 0 Å². The predicted octanol–water partition coefficient (Wildman–Crippen LogP) is 2.75. The summed E-state index contributed by atoms with van der Waals surface area (Å²) in [5.74, 6) is -2.16. The van der Waals surface area contributed by atoms with E-state index in [1.54, 1.807) is 39.0 Å². The molecule has 0 aliphatic carbocycles. The summed E-state index contributed by atoms with van der Waals surface area (Å²) in [5.41, 5.74) is 0.685. The number of fused-ring (bicyclic) bond motifs is 3. The zero-order chi connectivity index (χ0) is 24.8. The van der Waals surface area contributed by atoms with Gasteiger partial charge in [0, 0.05) is 11.6 Å². The molecule has 0 bridgehead atoms. The molecule has 0 fully saturated rings. The van der Waals surface area contributed by atoms with Gasteiger partial charge in [-0.3, -0.25) is 9.20 Å². The number of aromatic nitrogens is 2. The molecule has 0 saturated carbocycles. The first-order chi connectivity index (χ1) is 16.3. The summed E-state index contributed by atoms with van der Waals surface area (Å²) in [5, 5.41) is 3.48. The second-order valence-electron chi connectivity index (χ2n) is 7.07. The van der Waals surface area contributed by atoms with Crippen molar-refractivity contribution in [2.24, 2.45) is 0 Å². The van der Waals surface area contributed by atoms with E-state index in [0.29, 0.717) is 16.6 Å². The van der Waals surface area contributed by atoms with E-state index in [2.05, 4.69) is 10.3 Å². The third-order valence-electron chi connectivity index (χ3n) is 4.84. The van der Waals surface area contributed by atoms with Crippen LogP contribution < -0.4 is 10.9 Å². The summed E-state index contributed by atoms with van der Waals surface area (Å²) in [6.07, 6.45) is 1.15. The number of hydrogen-bond donors (Lipinski definition) is 1. The maximum atomic E-state index is 13.1. The van der Waals surface area contributed by atoms with E-state index in [9.17, 15) is 19.2 Å². The van der Waals surface area contributed by atoms with Crippen LogP contribution >= 0.6 is 0 Å². The molecule has 0 radical (unpaired) electrons. The molecule has 10 heteroatoms. The first kappa shape index (κ1) is 24.4. The van der Waals surface area contributed by atoms with E-state index < -0.39 is 23.5 Å². The number of rotatable bonds is 8. The molecule has 10 nitrogen and oxygen atoms in total. The molecule has 0 spiro atoms. The Balaban J connectivity index is 2.14. The lowest BCUT2D eigenvalue weighted by Gasteiger charge is -2.12. The lowest BCUT2D eigenvalue weighted by atomic mass is 10.1. The van der Waals surface area contributed by atoms with Gasteiger partial charge in [-0.15, -0.1) is 0 Å². The summed E-state index contributed by atoms with van der Waals surface area (Å²) in [4.78, 5) is 54.2. The Morgan fingerprint density at radius 3 is 2.24 bits per heavy atom. The average molecular weight is 467 g/mol. The minimum Gasteiger partial charge on any atom is -0.462 e. The number of carbonyl (C=O) groups is 3. The largest absolute Gasteiger partial charge is 0.462 e. The van der Waals surface area contributed by atoms with Gasteiger partial charge in [0.05, 0.1) is 25.3 Å². The minimum atomic E-state index is -0.842. The number of esters is 3. The lowest BCUT2D eigenvalue weighted by molar-refractivity contribution is -0.146. The van der Waals surface area contributed by atoms with Gasteiger partial charge < -0.3 is 19.5 Å². The summed E-state index contributed by atoms with van der Waals surface area (Å²) in [7, 11) is 0. The summed E-state index contributed by atoms with van der Waals surface area (Å²) in [6.45, 7) is 7.08. The van der Waals surface area contributed by atoms with Crippen molar-refractivity contribution >= 4 is 40.3 Å². The highest BCUT2D eigenvalue weighted by atomic mass is 16.6. The molecule has 3 aromatic heterocycles. The molecular weight excluding hydrogens is 442 g/mol. The van der Waals surface area contributed by atoms with Crippen LogP contribution in [-0.2, 0) is 23.8 Å². The van der Waals surface area contributed by atoms with Crippen LogP contribution in [0.1, 0.15) is 36.7 Å². The molecule has 0 aromatic carbocycles. The van der Waals surface area contributed by atoms with Crippen molar-refractivity contribution in [2.75, 3.05) is 25.1 Å². The Labute approximate surface area is 195 Å². The van der Waals surface area contributed by atoms with E-state index >= 15 is 0 Å². The fourth-order valence-electron chi connectivity index (χ4n) is 3.32. The van der Waals surface area contributed by atoms with Gasteiger partial charge in [-0.2, -0.15) is 0 Å². The van der Waals surface area contributed by atoms with Gasteiger partial charge in [0.15, 0.2) is 5.57 Å². The predicted molar refractivity (Wildman–Crippen MR) is 125 cm³/mol. The molecule has 3 aromatic rings. The highest BCUT2D eigenvalue weighted by molar-refractivity contribution is 6.14. The number of pyridine rings is 3. The zero-order valence-electron chi connectivity index (χ0n) is 19.3. The Hall–Kier alpha value is -4.21. The van der Waals surface area contributed by atoms with Crippen LogP contribution in [0.2, 0.25) is 0 Å². The number of ether oxygens (including phenoxy) is 3. The number of hydrogen-bond acceptors (Lipinski definition) is 9. The third kappa shape index (κ3) is 4.90.